The minimum absolute atomic E-state index is 0.00211. The Bertz CT molecular complexity index is 1520. The topological polar surface area (TPSA) is 170 Å². The summed E-state index contributed by atoms with van der Waals surface area (Å²) in [5.41, 5.74) is 5.60. The first-order valence-corrected chi connectivity index (χ1v) is 18.0. The molecule has 0 aliphatic carbocycles. The number of alkyl carbamates (subject to hydrolysis) is 1. The third-order valence-electron chi connectivity index (χ3n) is 9.90. The second-order valence-corrected chi connectivity index (χ2v) is 16.2. The second kappa shape index (κ2) is 14.8. The predicted octanol–water partition coefficient (Wildman–Crippen LogP) is 3.89. The lowest BCUT2D eigenvalue weighted by atomic mass is 9.70. The molecule has 0 saturated carbocycles. The summed E-state index contributed by atoms with van der Waals surface area (Å²) in [5, 5.41) is 17.2. The van der Waals surface area contributed by atoms with Crippen LogP contribution in [0.5, 0.6) is 0 Å². The van der Waals surface area contributed by atoms with Gasteiger partial charge in [0.15, 0.2) is 5.79 Å². The second-order valence-electron chi connectivity index (χ2n) is 14.3. The molecule has 2 heterocycles. The van der Waals surface area contributed by atoms with Crippen molar-refractivity contribution in [3.05, 3.63) is 60.2 Å². The summed E-state index contributed by atoms with van der Waals surface area (Å²) in [5.74, 6) is -1.39. The highest BCUT2D eigenvalue weighted by atomic mass is 32.2. The first-order chi connectivity index (χ1) is 22.4. The molecule has 2 aliphatic rings. The number of ether oxygens (including phenoxy) is 3. The van der Waals surface area contributed by atoms with Crippen molar-refractivity contribution in [2.75, 3.05) is 31.6 Å². The van der Waals surface area contributed by atoms with Gasteiger partial charge in [-0.3, -0.25) is 4.79 Å². The minimum Gasteiger partial charge on any atom is -0.440 e. The molecule has 266 valence electrons. The van der Waals surface area contributed by atoms with Crippen LogP contribution in [0.4, 0.5) is 10.5 Å². The zero-order valence-corrected chi connectivity index (χ0v) is 29.9. The maximum atomic E-state index is 14.0. The number of amides is 2. The molecule has 2 saturated heterocycles. The number of anilines is 1. The van der Waals surface area contributed by atoms with E-state index >= 15 is 0 Å². The number of aliphatic hydroxyl groups excluding tert-OH is 1. The molecule has 12 nitrogen and oxygen atoms in total. The molecule has 2 aromatic rings. The van der Waals surface area contributed by atoms with Crippen molar-refractivity contribution in [1.29, 1.82) is 0 Å². The molecule has 0 aromatic heterocycles. The van der Waals surface area contributed by atoms with Crippen molar-refractivity contribution < 1.29 is 37.3 Å². The SMILES string of the molecule is CC(C)CN(C[C@@H](O)[C@H](Cc1ccccc1)NC(=O)O[C@@]1(C)CO[C@@]2(C)OCC[C@]21C)S(=O)(=O)c1ccc(NC(=O)[C@H](N)C(C)C)cc1. The highest BCUT2D eigenvalue weighted by Gasteiger charge is 2.68. The number of hydrogen-bond acceptors (Lipinski definition) is 9. The Morgan fingerprint density at radius 2 is 1.65 bits per heavy atom. The third kappa shape index (κ3) is 8.03. The van der Waals surface area contributed by atoms with Crippen molar-refractivity contribution in [2.45, 2.75) is 95.8 Å². The number of hydrogen-bond donors (Lipinski definition) is 4. The van der Waals surface area contributed by atoms with E-state index in [1.807, 2.05) is 78.8 Å². The van der Waals surface area contributed by atoms with Gasteiger partial charge in [0.2, 0.25) is 15.9 Å². The number of aliphatic hydroxyl groups is 1. The fraction of sp³-hybridized carbons (Fsp3) is 0.600. The normalized spacial score (nSPS) is 25.9. The van der Waals surface area contributed by atoms with E-state index in [-0.39, 0.29) is 48.8 Å². The average molecular weight is 689 g/mol. The Morgan fingerprint density at radius 1 is 1.00 bits per heavy atom. The lowest BCUT2D eigenvalue weighted by Crippen LogP contribution is -2.55. The lowest BCUT2D eigenvalue weighted by molar-refractivity contribution is -0.203. The quantitative estimate of drug-likeness (QED) is 0.230. The van der Waals surface area contributed by atoms with E-state index in [2.05, 4.69) is 10.6 Å². The zero-order chi connectivity index (χ0) is 35.5. The molecule has 6 atom stereocenters. The Labute approximate surface area is 284 Å². The third-order valence-corrected chi connectivity index (χ3v) is 11.7. The summed E-state index contributed by atoms with van der Waals surface area (Å²) in [6.45, 7) is 13.6. The molecule has 2 fully saturated rings. The number of nitrogens with one attached hydrogen (secondary N) is 2. The summed E-state index contributed by atoms with van der Waals surface area (Å²) in [7, 11) is -4.09. The van der Waals surface area contributed by atoms with Gasteiger partial charge in [0, 0.05) is 18.8 Å². The molecule has 2 aliphatic heterocycles. The van der Waals surface area contributed by atoms with E-state index in [0.717, 1.165) is 5.56 Å². The Hall–Kier alpha value is -3.07. The van der Waals surface area contributed by atoms with Crippen molar-refractivity contribution in [3.8, 4) is 0 Å². The predicted molar refractivity (Wildman–Crippen MR) is 182 cm³/mol. The van der Waals surface area contributed by atoms with E-state index in [0.29, 0.717) is 18.7 Å². The molecule has 0 radical (unpaired) electrons. The molecule has 5 N–H and O–H groups in total. The highest BCUT2D eigenvalue weighted by molar-refractivity contribution is 7.89. The van der Waals surface area contributed by atoms with Crippen molar-refractivity contribution in [2.24, 2.45) is 23.0 Å². The van der Waals surface area contributed by atoms with Gasteiger partial charge in [-0.15, -0.1) is 0 Å². The van der Waals surface area contributed by atoms with Crippen molar-refractivity contribution in [3.63, 3.8) is 0 Å². The number of fused-ring (bicyclic) bond motifs is 1. The van der Waals surface area contributed by atoms with Crippen LogP contribution in [0, 0.1) is 17.3 Å². The highest BCUT2D eigenvalue weighted by Crippen LogP contribution is 2.57. The molecular formula is C35H52N4O8S. The van der Waals surface area contributed by atoms with Gasteiger partial charge < -0.3 is 35.7 Å². The molecule has 2 aromatic carbocycles. The summed E-state index contributed by atoms with van der Waals surface area (Å²) >= 11 is 0. The van der Waals surface area contributed by atoms with Crippen molar-refractivity contribution >= 4 is 27.7 Å². The lowest BCUT2D eigenvalue weighted by Gasteiger charge is -2.40. The Balaban J connectivity index is 1.53. The van der Waals surface area contributed by atoms with Gasteiger partial charge in [-0.1, -0.05) is 65.0 Å². The number of benzene rings is 2. The minimum atomic E-state index is -4.09. The molecule has 2 amide bonds. The molecule has 0 spiro atoms. The van der Waals surface area contributed by atoms with Crippen LogP contribution in [0.2, 0.25) is 0 Å². The van der Waals surface area contributed by atoms with E-state index in [1.165, 1.54) is 28.6 Å². The Kier molecular flexibility index (Phi) is 11.6. The van der Waals surface area contributed by atoms with E-state index < -0.39 is 51.1 Å². The van der Waals surface area contributed by atoms with Crippen LogP contribution in [0.25, 0.3) is 0 Å². The fourth-order valence-electron chi connectivity index (χ4n) is 6.30. The van der Waals surface area contributed by atoms with Gasteiger partial charge in [-0.25, -0.2) is 13.2 Å². The van der Waals surface area contributed by atoms with E-state index in [1.54, 1.807) is 0 Å². The average Bonchev–Trinajstić information content (AvgIpc) is 3.43. The fourth-order valence-corrected chi connectivity index (χ4v) is 7.92. The van der Waals surface area contributed by atoms with Gasteiger partial charge >= 0.3 is 6.09 Å². The number of nitrogens with zero attached hydrogens (tertiary/aromatic N) is 1. The van der Waals surface area contributed by atoms with Gasteiger partial charge in [0.05, 0.1) is 41.7 Å². The summed E-state index contributed by atoms with van der Waals surface area (Å²) in [6.07, 6.45) is -1.17. The number of rotatable bonds is 14. The number of sulfonamides is 1. The van der Waals surface area contributed by atoms with E-state index in [9.17, 15) is 23.1 Å². The monoisotopic (exact) mass is 688 g/mol. The van der Waals surface area contributed by atoms with Crippen LogP contribution in [0.3, 0.4) is 0 Å². The maximum Gasteiger partial charge on any atom is 0.408 e. The molecule has 13 heteroatoms. The summed E-state index contributed by atoms with van der Waals surface area (Å²) < 4.78 is 47.0. The van der Waals surface area contributed by atoms with Crippen LogP contribution >= 0.6 is 0 Å². The summed E-state index contributed by atoms with van der Waals surface area (Å²) in [6, 6.07) is 13.6. The van der Waals surface area contributed by atoms with Crippen LogP contribution in [-0.4, -0.2) is 85.7 Å². The molecule has 4 rings (SSSR count). The standard InChI is InChI=1S/C35H52N4O8S/c1-23(2)20-39(48(43,44)27-15-13-26(14-16-27)37-31(41)30(36)24(3)4)21-29(40)28(19-25-11-9-8-10-12-25)38-32(42)47-34(6)22-46-35(7)33(34,5)17-18-45-35/h8-16,23-24,28-30,40H,17-22,36H2,1-7H3,(H,37,41)(H,38,42)/t28-,29+,30+,33-,34-,35+/m0/s1. The first-order valence-electron chi connectivity index (χ1n) is 16.6. The van der Waals surface area contributed by atoms with Crippen LogP contribution < -0.4 is 16.4 Å². The molecule has 48 heavy (non-hydrogen) atoms. The smallest absolute Gasteiger partial charge is 0.408 e. The van der Waals surface area contributed by atoms with Crippen LogP contribution in [-0.2, 0) is 35.4 Å². The van der Waals surface area contributed by atoms with Crippen LogP contribution in [0.15, 0.2) is 59.5 Å². The number of carbonyl (C=O) groups is 2. The zero-order valence-electron chi connectivity index (χ0n) is 29.1. The maximum absolute atomic E-state index is 14.0. The Morgan fingerprint density at radius 3 is 2.25 bits per heavy atom. The summed E-state index contributed by atoms with van der Waals surface area (Å²) in [4.78, 5) is 25.9. The molecule has 0 bridgehead atoms. The van der Waals surface area contributed by atoms with Gasteiger partial charge in [0.1, 0.15) is 5.60 Å². The van der Waals surface area contributed by atoms with E-state index in [4.69, 9.17) is 19.9 Å². The van der Waals surface area contributed by atoms with Gasteiger partial charge in [0.25, 0.3) is 0 Å². The van der Waals surface area contributed by atoms with Gasteiger partial charge in [-0.2, -0.15) is 4.31 Å². The number of carbonyl (C=O) groups excluding carboxylic acids is 2. The van der Waals surface area contributed by atoms with Gasteiger partial charge in [-0.05, 0) is 68.4 Å². The number of nitrogens with two attached hydrogens (primary N) is 1. The van der Waals surface area contributed by atoms with Crippen molar-refractivity contribution in [1.82, 2.24) is 9.62 Å². The largest absolute Gasteiger partial charge is 0.440 e. The molecular weight excluding hydrogens is 636 g/mol. The van der Waals surface area contributed by atoms with Crippen LogP contribution in [0.1, 0.15) is 60.5 Å². The first kappa shape index (κ1) is 37.7. The molecule has 0 unspecified atom stereocenters.